The van der Waals surface area contributed by atoms with E-state index in [1.165, 1.54) is 11.1 Å². The van der Waals surface area contributed by atoms with Gasteiger partial charge >= 0.3 is 0 Å². The van der Waals surface area contributed by atoms with Gasteiger partial charge in [-0.25, -0.2) is 4.98 Å². The molecule has 0 saturated carbocycles. The summed E-state index contributed by atoms with van der Waals surface area (Å²) in [5, 5.41) is 6.15. The van der Waals surface area contributed by atoms with E-state index in [9.17, 15) is 4.79 Å². The minimum Gasteiger partial charge on any atom is -0.340 e. The molecule has 0 bridgehead atoms. The van der Waals surface area contributed by atoms with E-state index < -0.39 is 0 Å². The molecule has 3 rings (SSSR count). The number of aryl methyl sites for hydroxylation is 3. The maximum atomic E-state index is 12.2. The maximum Gasteiger partial charge on any atom is 0.255 e. The summed E-state index contributed by atoms with van der Waals surface area (Å²) in [6.45, 7) is 6.12. The lowest BCUT2D eigenvalue weighted by molar-refractivity contribution is 0.102. The highest BCUT2D eigenvalue weighted by Gasteiger charge is 2.06. The molecule has 0 atom stereocenters. The summed E-state index contributed by atoms with van der Waals surface area (Å²) in [6, 6.07) is 17.4. The zero-order valence-electron chi connectivity index (χ0n) is 14.6. The smallest absolute Gasteiger partial charge is 0.255 e. The second kappa shape index (κ2) is 7.18. The van der Waals surface area contributed by atoms with Crippen LogP contribution in [0.2, 0.25) is 0 Å². The predicted molar refractivity (Wildman–Crippen MR) is 103 cm³/mol. The van der Waals surface area contributed by atoms with E-state index in [4.69, 9.17) is 0 Å². The molecule has 25 heavy (non-hydrogen) atoms. The Hall–Kier alpha value is -3.14. The minimum atomic E-state index is -0.142. The van der Waals surface area contributed by atoms with Gasteiger partial charge in [-0.15, -0.1) is 0 Å². The number of benzene rings is 2. The highest BCUT2D eigenvalue weighted by atomic mass is 16.1. The van der Waals surface area contributed by atoms with Crippen molar-refractivity contribution in [2.75, 3.05) is 10.6 Å². The quantitative estimate of drug-likeness (QED) is 0.707. The van der Waals surface area contributed by atoms with E-state index in [1.54, 1.807) is 6.20 Å². The zero-order valence-corrected chi connectivity index (χ0v) is 14.6. The fourth-order valence-corrected chi connectivity index (χ4v) is 2.54. The SMILES string of the molecule is Cc1ccc(C(=O)Nc2ccc(Nc3ccc(C)cc3C)nc2)cc1. The second-order valence-electron chi connectivity index (χ2n) is 6.20. The molecule has 3 aromatic rings. The highest BCUT2D eigenvalue weighted by Crippen LogP contribution is 2.21. The molecule has 0 fully saturated rings. The Morgan fingerprint density at radius 1 is 0.880 bits per heavy atom. The van der Waals surface area contributed by atoms with Crippen LogP contribution in [-0.4, -0.2) is 10.9 Å². The van der Waals surface area contributed by atoms with Crippen LogP contribution >= 0.6 is 0 Å². The lowest BCUT2D eigenvalue weighted by Crippen LogP contribution is -2.12. The van der Waals surface area contributed by atoms with Gasteiger partial charge in [0.2, 0.25) is 0 Å². The van der Waals surface area contributed by atoms with E-state index in [2.05, 4.69) is 41.6 Å². The molecule has 0 radical (unpaired) electrons. The zero-order chi connectivity index (χ0) is 17.8. The predicted octanol–water partition coefficient (Wildman–Crippen LogP) is 5.00. The summed E-state index contributed by atoms with van der Waals surface area (Å²) >= 11 is 0. The molecule has 4 heteroatoms. The molecule has 0 unspecified atom stereocenters. The van der Waals surface area contributed by atoms with Crippen LogP contribution in [0.3, 0.4) is 0 Å². The number of hydrogen-bond acceptors (Lipinski definition) is 3. The normalized spacial score (nSPS) is 10.4. The highest BCUT2D eigenvalue weighted by molar-refractivity contribution is 6.04. The second-order valence-corrected chi connectivity index (χ2v) is 6.20. The van der Waals surface area contributed by atoms with Gasteiger partial charge < -0.3 is 10.6 Å². The Balaban J connectivity index is 1.67. The lowest BCUT2D eigenvalue weighted by Gasteiger charge is -2.10. The van der Waals surface area contributed by atoms with Gasteiger partial charge in [0.25, 0.3) is 5.91 Å². The van der Waals surface area contributed by atoms with Crippen LogP contribution in [-0.2, 0) is 0 Å². The number of rotatable bonds is 4. The van der Waals surface area contributed by atoms with Crippen LogP contribution < -0.4 is 10.6 Å². The summed E-state index contributed by atoms with van der Waals surface area (Å²) in [7, 11) is 0. The molecule has 0 aliphatic heterocycles. The number of carbonyl (C=O) groups excluding carboxylic acids is 1. The van der Waals surface area contributed by atoms with Crippen molar-refractivity contribution in [3.63, 3.8) is 0 Å². The maximum absolute atomic E-state index is 12.2. The first-order valence-corrected chi connectivity index (χ1v) is 8.19. The number of nitrogens with one attached hydrogen (secondary N) is 2. The van der Waals surface area contributed by atoms with E-state index in [-0.39, 0.29) is 5.91 Å². The number of hydrogen-bond donors (Lipinski definition) is 2. The fraction of sp³-hybridized carbons (Fsp3) is 0.143. The molecular weight excluding hydrogens is 310 g/mol. The molecule has 0 spiro atoms. The molecule has 1 heterocycles. The number of pyridine rings is 1. The molecule has 0 aliphatic carbocycles. The van der Waals surface area contributed by atoms with Crippen molar-refractivity contribution in [1.29, 1.82) is 0 Å². The molecule has 126 valence electrons. The van der Waals surface area contributed by atoms with Crippen LogP contribution in [0.5, 0.6) is 0 Å². The Labute approximate surface area is 147 Å². The van der Waals surface area contributed by atoms with E-state index in [0.29, 0.717) is 11.3 Å². The van der Waals surface area contributed by atoms with Gasteiger partial charge in [0.1, 0.15) is 5.82 Å². The number of aromatic nitrogens is 1. The Kier molecular flexibility index (Phi) is 4.80. The standard InChI is InChI=1S/C21H21N3O/c1-14-4-7-17(8-5-14)21(25)23-18-9-11-20(22-13-18)24-19-10-6-15(2)12-16(19)3/h4-13H,1-3H3,(H,22,24)(H,23,25). The first-order chi connectivity index (χ1) is 12.0. The molecule has 0 saturated heterocycles. The first-order valence-electron chi connectivity index (χ1n) is 8.19. The van der Waals surface area contributed by atoms with Gasteiger partial charge in [-0.1, -0.05) is 35.4 Å². The van der Waals surface area contributed by atoms with E-state index in [0.717, 1.165) is 17.1 Å². The van der Waals surface area contributed by atoms with Crippen molar-refractivity contribution in [2.24, 2.45) is 0 Å². The molecule has 2 N–H and O–H groups in total. The average Bonchev–Trinajstić information content (AvgIpc) is 2.59. The summed E-state index contributed by atoms with van der Waals surface area (Å²) in [6.07, 6.45) is 1.65. The molecule has 1 aromatic heterocycles. The van der Waals surface area contributed by atoms with Gasteiger partial charge in [0.15, 0.2) is 0 Å². The third kappa shape index (κ3) is 4.23. The van der Waals surface area contributed by atoms with Gasteiger partial charge in [-0.05, 0) is 56.7 Å². The summed E-state index contributed by atoms with van der Waals surface area (Å²) in [5.74, 6) is 0.595. The van der Waals surface area contributed by atoms with Gasteiger partial charge in [0, 0.05) is 11.3 Å². The van der Waals surface area contributed by atoms with Gasteiger partial charge in [0.05, 0.1) is 11.9 Å². The van der Waals surface area contributed by atoms with Crippen molar-refractivity contribution >= 4 is 23.1 Å². The fourth-order valence-electron chi connectivity index (χ4n) is 2.54. The van der Waals surface area contributed by atoms with Crippen molar-refractivity contribution < 1.29 is 4.79 Å². The van der Waals surface area contributed by atoms with Gasteiger partial charge in [-0.3, -0.25) is 4.79 Å². The van der Waals surface area contributed by atoms with Crippen molar-refractivity contribution in [3.8, 4) is 0 Å². The molecular formula is C21H21N3O. The van der Waals surface area contributed by atoms with E-state index in [1.807, 2.05) is 49.4 Å². The molecule has 2 aromatic carbocycles. The van der Waals surface area contributed by atoms with E-state index >= 15 is 0 Å². The van der Waals surface area contributed by atoms with Crippen molar-refractivity contribution in [1.82, 2.24) is 4.98 Å². The Morgan fingerprint density at radius 2 is 1.60 bits per heavy atom. The summed E-state index contributed by atoms with van der Waals surface area (Å²) in [5.41, 5.74) is 5.83. The topological polar surface area (TPSA) is 54.0 Å². The lowest BCUT2D eigenvalue weighted by atomic mass is 10.1. The molecule has 4 nitrogen and oxygen atoms in total. The monoisotopic (exact) mass is 331 g/mol. The van der Waals surface area contributed by atoms with Crippen molar-refractivity contribution in [2.45, 2.75) is 20.8 Å². The number of amides is 1. The Morgan fingerprint density at radius 3 is 2.24 bits per heavy atom. The van der Waals surface area contributed by atoms with Crippen molar-refractivity contribution in [3.05, 3.63) is 83.0 Å². The van der Waals surface area contributed by atoms with Crippen LogP contribution in [0.15, 0.2) is 60.8 Å². The van der Waals surface area contributed by atoms with Gasteiger partial charge in [-0.2, -0.15) is 0 Å². The number of anilines is 3. The third-order valence-electron chi connectivity index (χ3n) is 3.98. The molecule has 1 amide bonds. The number of carbonyl (C=O) groups is 1. The Bertz CT molecular complexity index is 884. The van der Waals surface area contributed by atoms with Crippen LogP contribution in [0.1, 0.15) is 27.0 Å². The first kappa shape index (κ1) is 16.7. The average molecular weight is 331 g/mol. The summed E-state index contributed by atoms with van der Waals surface area (Å²) in [4.78, 5) is 16.6. The summed E-state index contributed by atoms with van der Waals surface area (Å²) < 4.78 is 0. The largest absolute Gasteiger partial charge is 0.340 e. The number of nitrogens with zero attached hydrogens (tertiary/aromatic N) is 1. The van der Waals surface area contributed by atoms with Crippen LogP contribution in [0.4, 0.5) is 17.2 Å². The third-order valence-corrected chi connectivity index (χ3v) is 3.98. The minimum absolute atomic E-state index is 0.142. The van der Waals surface area contributed by atoms with Crippen LogP contribution in [0, 0.1) is 20.8 Å². The molecule has 0 aliphatic rings. The van der Waals surface area contributed by atoms with Crippen LogP contribution in [0.25, 0.3) is 0 Å².